The number of rotatable bonds is 6. The van der Waals surface area contributed by atoms with E-state index in [4.69, 9.17) is 0 Å². The smallest absolute Gasteiger partial charge is 0.251 e. The van der Waals surface area contributed by atoms with Crippen molar-refractivity contribution < 1.29 is 14.0 Å². The number of nitrogens with one attached hydrogen (secondary N) is 1. The van der Waals surface area contributed by atoms with E-state index in [-0.39, 0.29) is 24.1 Å². The van der Waals surface area contributed by atoms with E-state index in [9.17, 15) is 14.0 Å². The molecule has 0 saturated heterocycles. The summed E-state index contributed by atoms with van der Waals surface area (Å²) < 4.78 is 13.6. The number of carbonyl (C=O) groups is 2. The molecule has 2 amide bonds. The molecule has 0 unspecified atom stereocenters. The first-order chi connectivity index (χ1) is 12.0. The number of amides is 2. The molecule has 1 N–H and O–H groups in total. The minimum atomic E-state index is -0.365. The highest BCUT2D eigenvalue weighted by molar-refractivity contribution is 5.94. The lowest BCUT2D eigenvalue weighted by Crippen LogP contribution is -2.28. The van der Waals surface area contributed by atoms with Crippen molar-refractivity contribution in [2.24, 2.45) is 0 Å². The Bertz CT molecular complexity index is 770. The van der Waals surface area contributed by atoms with E-state index in [1.165, 1.54) is 6.07 Å². The molecule has 1 saturated carbocycles. The van der Waals surface area contributed by atoms with Gasteiger partial charge in [0.05, 0.1) is 6.42 Å². The van der Waals surface area contributed by atoms with E-state index in [1.807, 2.05) is 12.1 Å². The third kappa shape index (κ3) is 4.66. The van der Waals surface area contributed by atoms with Crippen LogP contribution in [0.15, 0.2) is 48.5 Å². The van der Waals surface area contributed by atoms with Crippen molar-refractivity contribution in [2.45, 2.75) is 31.8 Å². The molecule has 0 bridgehead atoms. The summed E-state index contributed by atoms with van der Waals surface area (Å²) in [5.41, 5.74) is 1.94. The zero-order valence-electron chi connectivity index (χ0n) is 14.2. The summed E-state index contributed by atoms with van der Waals surface area (Å²) in [6, 6.07) is 13.8. The Balaban J connectivity index is 1.56. The van der Waals surface area contributed by atoms with Crippen LogP contribution in [-0.4, -0.2) is 29.8 Å². The van der Waals surface area contributed by atoms with Gasteiger partial charge < -0.3 is 10.2 Å². The quantitative estimate of drug-likeness (QED) is 0.879. The van der Waals surface area contributed by atoms with Crippen molar-refractivity contribution in [2.75, 3.05) is 7.05 Å². The normalized spacial score (nSPS) is 13.4. The van der Waals surface area contributed by atoms with Crippen molar-refractivity contribution in [1.29, 1.82) is 0 Å². The van der Waals surface area contributed by atoms with Crippen LogP contribution in [0.2, 0.25) is 0 Å². The van der Waals surface area contributed by atoms with Crippen LogP contribution < -0.4 is 5.32 Å². The summed E-state index contributed by atoms with van der Waals surface area (Å²) in [6.45, 7) is 0.414. The van der Waals surface area contributed by atoms with E-state index >= 15 is 0 Å². The summed E-state index contributed by atoms with van der Waals surface area (Å²) in [5.74, 6) is -0.575. The Morgan fingerprint density at radius 2 is 1.80 bits per heavy atom. The summed E-state index contributed by atoms with van der Waals surface area (Å²) in [6.07, 6.45) is 2.14. The highest BCUT2D eigenvalue weighted by Crippen LogP contribution is 2.19. The first kappa shape index (κ1) is 17.1. The van der Waals surface area contributed by atoms with Crippen molar-refractivity contribution in [1.82, 2.24) is 10.2 Å². The largest absolute Gasteiger partial charge is 0.349 e. The van der Waals surface area contributed by atoms with E-state index in [2.05, 4.69) is 5.32 Å². The van der Waals surface area contributed by atoms with Crippen LogP contribution in [0.3, 0.4) is 0 Å². The number of benzene rings is 2. The summed E-state index contributed by atoms with van der Waals surface area (Å²) >= 11 is 0. The lowest BCUT2D eigenvalue weighted by molar-refractivity contribution is -0.129. The molecule has 25 heavy (non-hydrogen) atoms. The van der Waals surface area contributed by atoms with Gasteiger partial charge in [0, 0.05) is 25.2 Å². The number of hydrogen-bond acceptors (Lipinski definition) is 2. The van der Waals surface area contributed by atoms with Crippen LogP contribution in [0.4, 0.5) is 4.39 Å². The van der Waals surface area contributed by atoms with Crippen molar-refractivity contribution in [3.05, 3.63) is 71.0 Å². The molecule has 0 aliphatic heterocycles. The van der Waals surface area contributed by atoms with Gasteiger partial charge in [0.25, 0.3) is 5.91 Å². The van der Waals surface area contributed by atoms with Crippen molar-refractivity contribution in [3.63, 3.8) is 0 Å². The Morgan fingerprint density at radius 3 is 2.44 bits per heavy atom. The third-order valence-electron chi connectivity index (χ3n) is 4.27. The molecule has 3 rings (SSSR count). The number of halogens is 1. The van der Waals surface area contributed by atoms with E-state index < -0.39 is 0 Å². The van der Waals surface area contributed by atoms with Gasteiger partial charge in [-0.2, -0.15) is 0 Å². The first-order valence-electron chi connectivity index (χ1n) is 8.40. The van der Waals surface area contributed by atoms with Crippen LogP contribution in [0.25, 0.3) is 0 Å². The average molecular weight is 340 g/mol. The number of hydrogen-bond donors (Lipinski definition) is 1. The molecule has 0 radical (unpaired) electrons. The van der Waals surface area contributed by atoms with E-state index in [1.54, 1.807) is 42.3 Å². The topological polar surface area (TPSA) is 49.4 Å². The number of carbonyl (C=O) groups excluding carboxylic acids is 2. The maximum absolute atomic E-state index is 13.6. The monoisotopic (exact) mass is 340 g/mol. The average Bonchev–Trinajstić information content (AvgIpc) is 3.41. The van der Waals surface area contributed by atoms with Gasteiger partial charge in [-0.05, 0) is 42.2 Å². The SMILES string of the molecule is CN(Cc1ccc(C(=O)NC2CC2)cc1)C(=O)Cc1ccccc1F. The van der Waals surface area contributed by atoms with Gasteiger partial charge >= 0.3 is 0 Å². The van der Waals surface area contributed by atoms with Gasteiger partial charge in [-0.25, -0.2) is 4.39 Å². The zero-order valence-corrected chi connectivity index (χ0v) is 14.2. The zero-order chi connectivity index (χ0) is 17.8. The van der Waals surface area contributed by atoms with Crippen LogP contribution in [0.5, 0.6) is 0 Å². The van der Waals surface area contributed by atoms with Crippen molar-refractivity contribution >= 4 is 11.8 Å². The lowest BCUT2D eigenvalue weighted by atomic mass is 10.1. The predicted molar refractivity (Wildman–Crippen MR) is 93.5 cm³/mol. The lowest BCUT2D eigenvalue weighted by Gasteiger charge is -2.18. The predicted octanol–water partition coefficient (Wildman–Crippen LogP) is 2.92. The summed E-state index contributed by atoms with van der Waals surface area (Å²) in [7, 11) is 1.69. The molecule has 4 nitrogen and oxygen atoms in total. The van der Waals surface area contributed by atoms with Crippen molar-refractivity contribution in [3.8, 4) is 0 Å². The third-order valence-corrected chi connectivity index (χ3v) is 4.27. The fraction of sp³-hybridized carbons (Fsp3) is 0.300. The maximum Gasteiger partial charge on any atom is 0.251 e. The molecule has 5 heteroatoms. The maximum atomic E-state index is 13.6. The van der Waals surface area contributed by atoms with Gasteiger partial charge in [0.15, 0.2) is 0 Å². The minimum Gasteiger partial charge on any atom is -0.349 e. The molecular formula is C20H21FN2O2. The molecule has 0 atom stereocenters. The van der Waals surface area contributed by atoms with Gasteiger partial charge in [-0.15, -0.1) is 0 Å². The van der Waals surface area contributed by atoms with Gasteiger partial charge in [0.2, 0.25) is 5.91 Å². The van der Waals surface area contributed by atoms with E-state index in [0.717, 1.165) is 18.4 Å². The van der Waals surface area contributed by atoms with Gasteiger partial charge in [-0.3, -0.25) is 9.59 Å². The second kappa shape index (κ2) is 7.47. The molecule has 1 aliphatic carbocycles. The van der Waals surface area contributed by atoms with Crippen LogP contribution in [0.1, 0.15) is 34.3 Å². The fourth-order valence-electron chi connectivity index (χ4n) is 2.56. The van der Waals surface area contributed by atoms with Gasteiger partial charge in [0.1, 0.15) is 5.82 Å². The van der Waals surface area contributed by atoms with Crippen LogP contribution in [0, 0.1) is 5.82 Å². The Labute approximate surface area is 146 Å². The second-order valence-corrected chi connectivity index (χ2v) is 6.46. The molecule has 2 aromatic carbocycles. The highest BCUT2D eigenvalue weighted by Gasteiger charge is 2.23. The fourth-order valence-corrected chi connectivity index (χ4v) is 2.56. The molecule has 1 aliphatic rings. The molecule has 0 heterocycles. The summed E-state index contributed by atoms with van der Waals surface area (Å²) in [4.78, 5) is 25.8. The molecule has 0 aromatic heterocycles. The molecule has 130 valence electrons. The second-order valence-electron chi connectivity index (χ2n) is 6.46. The standard InChI is InChI=1S/C20H21FN2O2/c1-23(19(24)12-16-4-2-3-5-18(16)21)13-14-6-8-15(9-7-14)20(25)22-17-10-11-17/h2-9,17H,10-13H2,1H3,(H,22,25). The van der Waals surface area contributed by atoms with Crippen LogP contribution >= 0.6 is 0 Å². The molecular weight excluding hydrogens is 319 g/mol. The molecule has 2 aromatic rings. The Kier molecular flexibility index (Phi) is 5.12. The van der Waals surface area contributed by atoms with Crippen LogP contribution in [-0.2, 0) is 17.8 Å². The molecule has 1 fully saturated rings. The Morgan fingerprint density at radius 1 is 1.12 bits per heavy atom. The Hall–Kier alpha value is -2.69. The number of likely N-dealkylation sites (N-methyl/N-ethyl adjacent to an activating group) is 1. The first-order valence-corrected chi connectivity index (χ1v) is 8.40. The molecule has 0 spiro atoms. The van der Waals surface area contributed by atoms with Gasteiger partial charge in [-0.1, -0.05) is 30.3 Å². The van der Waals surface area contributed by atoms with E-state index in [0.29, 0.717) is 23.7 Å². The highest BCUT2D eigenvalue weighted by atomic mass is 19.1. The number of nitrogens with zero attached hydrogens (tertiary/aromatic N) is 1. The summed E-state index contributed by atoms with van der Waals surface area (Å²) in [5, 5.41) is 2.94. The minimum absolute atomic E-state index is 0.0328.